The lowest BCUT2D eigenvalue weighted by molar-refractivity contribution is 0.101. The zero-order chi connectivity index (χ0) is 28.7. The summed E-state index contributed by atoms with van der Waals surface area (Å²) in [5.41, 5.74) is 3.95. The number of allylic oxidation sites excluding steroid dienone is 1. The Hall–Kier alpha value is -2.06. The highest BCUT2D eigenvalue weighted by Crippen LogP contribution is 2.23. The standard InChI is InChI=1S/C26H38O2.C5H10.C3H8.C2H6/c1-3-5-6-7-8-9-10-11-23-12-14-24(15-13-23)25-16-18-26(19-17-25)28-22-21-27-20-4-2;1-3-5-4-2;1-3-2;1-2/h12-19H,3-11,20-22H2,1-2H3;3H,1,4-5H2,2H3;3H2,1-2H3;1-2H3. The van der Waals surface area contributed by atoms with E-state index in [2.05, 4.69) is 77.6 Å². The summed E-state index contributed by atoms with van der Waals surface area (Å²) in [5.74, 6) is 0.902. The molecule has 0 amide bonds. The lowest BCUT2D eigenvalue weighted by Gasteiger charge is -2.08. The van der Waals surface area contributed by atoms with Crippen LogP contribution in [-0.4, -0.2) is 19.8 Å². The van der Waals surface area contributed by atoms with Crippen molar-refractivity contribution in [3.05, 3.63) is 66.7 Å². The van der Waals surface area contributed by atoms with Gasteiger partial charge in [0.15, 0.2) is 0 Å². The molecule has 0 aliphatic heterocycles. The molecular weight excluding hydrogens is 464 g/mol. The summed E-state index contributed by atoms with van der Waals surface area (Å²) < 4.78 is 11.2. The lowest BCUT2D eigenvalue weighted by Crippen LogP contribution is -2.06. The SMILES string of the molecule is C=CCCC.CC.CCC.CCCCCCCCCc1ccc(-c2ccc(OCCOCCC)cc2)cc1. The fourth-order valence-corrected chi connectivity index (χ4v) is 3.56. The Morgan fingerprint density at radius 3 is 1.61 bits per heavy atom. The average molecular weight is 527 g/mol. The average Bonchev–Trinajstić information content (AvgIpc) is 2.95. The number of aryl methyl sites for hydroxylation is 1. The van der Waals surface area contributed by atoms with Gasteiger partial charge in [-0.3, -0.25) is 0 Å². The Bertz CT molecular complexity index is 703. The molecule has 2 heteroatoms. The molecule has 0 aromatic heterocycles. The van der Waals surface area contributed by atoms with Crippen LogP contribution in [0.4, 0.5) is 0 Å². The summed E-state index contributed by atoms with van der Waals surface area (Å²) in [4.78, 5) is 0. The first-order valence-electron chi connectivity index (χ1n) is 15.7. The summed E-state index contributed by atoms with van der Waals surface area (Å²) in [5, 5.41) is 0. The third-order valence-electron chi connectivity index (χ3n) is 5.55. The minimum atomic E-state index is 0.604. The Labute approximate surface area is 238 Å². The lowest BCUT2D eigenvalue weighted by atomic mass is 10.0. The highest BCUT2D eigenvalue weighted by molar-refractivity contribution is 5.64. The number of hydrogen-bond donors (Lipinski definition) is 0. The maximum absolute atomic E-state index is 5.72. The topological polar surface area (TPSA) is 18.5 Å². The Morgan fingerprint density at radius 1 is 0.605 bits per heavy atom. The van der Waals surface area contributed by atoms with Gasteiger partial charge in [-0.2, -0.15) is 0 Å². The number of rotatable bonds is 17. The fourth-order valence-electron chi connectivity index (χ4n) is 3.56. The van der Waals surface area contributed by atoms with Gasteiger partial charge in [-0.15, -0.1) is 6.58 Å². The van der Waals surface area contributed by atoms with Gasteiger partial charge < -0.3 is 9.47 Å². The van der Waals surface area contributed by atoms with E-state index in [1.165, 1.54) is 80.9 Å². The summed E-state index contributed by atoms with van der Waals surface area (Å²) in [6, 6.07) is 17.4. The molecule has 0 saturated carbocycles. The molecule has 0 saturated heterocycles. The largest absolute Gasteiger partial charge is 0.491 e. The molecule has 0 heterocycles. The van der Waals surface area contributed by atoms with Crippen LogP contribution in [0.15, 0.2) is 61.2 Å². The molecule has 0 aliphatic carbocycles. The van der Waals surface area contributed by atoms with Crippen molar-refractivity contribution in [1.82, 2.24) is 0 Å². The van der Waals surface area contributed by atoms with Gasteiger partial charge in [0.1, 0.15) is 12.4 Å². The second kappa shape index (κ2) is 31.2. The van der Waals surface area contributed by atoms with Crippen molar-refractivity contribution in [1.29, 1.82) is 0 Å². The highest BCUT2D eigenvalue weighted by Gasteiger charge is 2.01. The van der Waals surface area contributed by atoms with E-state index in [9.17, 15) is 0 Å². The van der Waals surface area contributed by atoms with Gasteiger partial charge in [0.2, 0.25) is 0 Å². The van der Waals surface area contributed by atoms with Crippen molar-refractivity contribution in [3.8, 4) is 16.9 Å². The van der Waals surface area contributed by atoms with E-state index in [4.69, 9.17) is 9.47 Å². The summed E-state index contributed by atoms with van der Waals surface area (Å²) in [7, 11) is 0. The number of benzene rings is 2. The molecule has 2 aromatic carbocycles. The van der Waals surface area contributed by atoms with Crippen molar-refractivity contribution >= 4 is 0 Å². The van der Waals surface area contributed by atoms with E-state index in [1.54, 1.807) is 0 Å². The first-order valence-corrected chi connectivity index (χ1v) is 15.7. The summed E-state index contributed by atoms with van der Waals surface area (Å²) in [6.07, 6.45) is 17.4. The molecule has 38 heavy (non-hydrogen) atoms. The van der Waals surface area contributed by atoms with Gasteiger partial charge >= 0.3 is 0 Å². The van der Waals surface area contributed by atoms with Crippen LogP contribution in [0, 0.1) is 0 Å². The molecule has 0 atom stereocenters. The summed E-state index contributed by atoms with van der Waals surface area (Å²) >= 11 is 0. The van der Waals surface area contributed by atoms with Crippen LogP contribution in [0.5, 0.6) is 5.75 Å². The van der Waals surface area contributed by atoms with Gasteiger partial charge in [-0.05, 0) is 54.5 Å². The van der Waals surface area contributed by atoms with Gasteiger partial charge in [-0.1, -0.05) is 142 Å². The Balaban J connectivity index is 0. The molecule has 0 aliphatic rings. The molecule has 0 unspecified atom stereocenters. The molecule has 0 spiro atoms. The Morgan fingerprint density at radius 2 is 1.13 bits per heavy atom. The highest BCUT2D eigenvalue weighted by atomic mass is 16.5. The van der Waals surface area contributed by atoms with E-state index in [-0.39, 0.29) is 0 Å². The first-order chi connectivity index (χ1) is 18.7. The molecule has 0 radical (unpaired) electrons. The molecule has 0 N–H and O–H groups in total. The Kier molecular flexibility index (Phi) is 31.2. The predicted molar refractivity (Wildman–Crippen MR) is 173 cm³/mol. The van der Waals surface area contributed by atoms with Crippen LogP contribution in [0.2, 0.25) is 0 Å². The van der Waals surface area contributed by atoms with Crippen LogP contribution in [0.1, 0.15) is 125 Å². The third kappa shape index (κ3) is 23.1. The van der Waals surface area contributed by atoms with Gasteiger partial charge in [0, 0.05) is 6.61 Å². The molecule has 0 bridgehead atoms. The number of hydrogen-bond acceptors (Lipinski definition) is 2. The molecule has 218 valence electrons. The maximum atomic E-state index is 5.72. The van der Waals surface area contributed by atoms with Crippen molar-refractivity contribution in [2.75, 3.05) is 19.8 Å². The minimum Gasteiger partial charge on any atom is -0.491 e. The van der Waals surface area contributed by atoms with E-state index in [0.717, 1.165) is 25.2 Å². The molecule has 2 rings (SSSR count). The molecule has 0 fully saturated rings. The van der Waals surface area contributed by atoms with Crippen LogP contribution in [0.3, 0.4) is 0 Å². The zero-order valence-corrected chi connectivity index (χ0v) is 26.3. The molecule has 2 nitrogen and oxygen atoms in total. The fraction of sp³-hybridized carbons (Fsp3) is 0.611. The third-order valence-corrected chi connectivity index (χ3v) is 5.55. The normalized spacial score (nSPS) is 9.66. The maximum Gasteiger partial charge on any atom is 0.119 e. The summed E-state index contributed by atoms with van der Waals surface area (Å²) in [6.45, 7) is 20.4. The second-order valence-electron chi connectivity index (χ2n) is 9.34. The molecule has 2 aromatic rings. The van der Waals surface area contributed by atoms with E-state index < -0.39 is 0 Å². The van der Waals surface area contributed by atoms with Crippen LogP contribution in [-0.2, 0) is 11.2 Å². The van der Waals surface area contributed by atoms with Crippen LogP contribution >= 0.6 is 0 Å². The minimum absolute atomic E-state index is 0.604. The second-order valence-corrected chi connectivity index (χ2v) is 9.34. The quantitative estimate of drug-likeness (QED) is 0.151. The van der Waals surface area contributed by atoms with Crippen LogP contribution < -0.4 is 4.74 Å². The van der Waals surface area contributed by atoms with Gasteiger partial charge in [0.25, 0.3) is 0 Å². The smallest absolute Gasteiger partial charge is 0.119 e. The van der Waals surface area contributed by atoms with E-state index >= 15 is 0 Å². The van der Waals surface area contributed by atoms with Crippen molar-refractivity contribution < 1.29 is 9.47 Å². The molecular formula is C36H62O2. The van der Waals surface area contributed by atoms with Crippen molar-refractivity contribution in [2.45, 2.75) is 126 Å². The first kappa shape index (κ1) is 38.1. The van der Waals surface area contributed by atoms with Crippen molar-refractivity contribution in [2.24, 2.45) is 0 Å². The van der Waals surface area contributed by atoms with Crippen LogP contribution in [0.25, 0.3) is 11.1 Å². The van der Waals surface area contributed by atoms with Gasteiger partial charge in [0.05, 0.1) is 6.61 Å². The zero-order valence-electron chi connectivity index (χ0n) is 26.3. The monoisotopic (exact) mass is 526 g/mol. The van der Waals surface area contributed by atoms with Gasteiger partial charge in [-0.25, -0.2) is 0 Å². The number of ether oxygens (including phenoxy) is 2. The van der Waals surface area contributed by atoms with E-state index in [1.807, 2.05) is 32.1 Å². The predicted octanol–water partition coefficient (Wildman–Crippen LogP) is 11.9. The van der Waals surface area contributed by atoms with E-state index in [0.29, 0.717) is 13.2 Å². The number of unbranched alkanes of at least 4 members (excludes halogenated alkanes) is 7. The van der Waals surface area contributed by atoms with Crippen molar-refractivity contribution in [3.63, 3.8) is 0 Å².